The number of halogens is 5. The van der Waals surface area contributed by atoms with Crippen LogP contribution in [0.1, 0.15) is 19.3 Å². The highest BCUT2D eigenvalue weighted by atomic mass is 19.4. The van der Waals surface area contributed by atoms with Gasteiger partial charge in [0.25, 0.3) is 5.92 Å². The standard InChI is InChI=1S/C10H12F5NO3/c11-9(12)5-16(8(19)10(13,14)15)4-3-6(9)1-2-7(17)18/h6H,1-5H2,(H,17,18). The van der Waals surface area contributed by atoms with Crippen LogP contribution < -0.4 is 0 Å². The fourth-order valence-corrected chi connectivity index (χ4v) is 1.99. The van der Waals surface area contributed by atoms with Crippen molar-refractivity contribution in [3.8, 4) is 0 Å². The summed E-state index contributed by atoms with van der Waals surface area (Å²) in [6.45, 7) is -1.77. The van der Waals surface area contributed by atoms with Crippen LogP contribution in [0.25, 0.3) is 0 Å². The van der Waals surface area contributed by atoms with E-state index in [1.807, 2.05) is 0 Å². The molecule has 1 rings (SSSR count). The minimum Gasteiger partial charge on any atom is -0.481 e. The Morgan fingerprint density at radius 3 is 2.32 bits per heavy atom. The second-order valence-electron chi connectivity index (χ2n) is 4.40. The molecule has 0 saturated carbocycles. The summed E-state index contributed by atoms with van der Waals surface area (Å²) in [6.07, 6.45) is -6.32. The fourth-order valence-electron chi connectivity index (χ4n) is 1.99. The van der Waals surface area contributed by atoms with Gasteiger partial charge in [0.15, 0.2) is 0 Å². The summed E-state index contributed by atoms with van der Waals surface area (Å²) in [6, 6.07) is 0. The first kappa shape index (κ1) is 15.6. The van der Waals surface area contributed by atoms with Gasteiger partial charge in [-0.3, -0.25) is 9.59 Å². The number of rotatable bonds is 3. The van der Waals surface area contributed by atoms with Crippen molar-refractivity contribution >= 4 is 11.9 Å². The molecule has 1 N–H and O–H groups in total. The molecule has 0 aromatic rings. The summed E-state index contributed by atoms with van der Waals surface area (Å²) in [5.41, 5.74) is 0. The number of likely N-dealkylation sites (tertiary alicyclic amines) is 1. The van der Waals surface area contributed by atoms with Crippen molar-refractivity contribution in [3.05, 3.63) is 0 Å². The molecule has 1 fully saturated rings. The van der Waals surface area contributed by atoms with Crippen LogP contribution in [0, 0.1) is 5.92 Å². The maximum Gasteiger partial charge on any atom is 0.471 e. The van der Waals surface area contributed by atoms with Gasteiger partial charge in [0, 0.05) is 18.9 Å². The summed E-state index contributed by atoms with van der Waals surface area (Å²) >= 11 is 0. The van der Waals surface area contributed by atoms with Crippen LogP contribution in [-0.4, -0.2) is 47.1 Å². The molecule has 110 valence electrons. The number of nitrogens with zero attached hydrogens (tertiary/aromatic N) is 1. The molecule has 1 atom stereocenters. The van der Waals surface area contributed by atoms with Gasteiger partial charge >= 0.3 is 18.1 Å². The van der Waals surface area contributed by atoms with E-state index in [-0.39, 0.29) is 17.7 Å². The largest absolute Gasteiger partial charge is 0.481 e. The average molecular weight is 289 g/mol. The molecule has 1 aliphatic rings. The highest BCUT2D eigenvalue weighted by molar-refractivity contribution is 5.82. The number of piperidine rings is 1. The number of carboxylic acid groups (broad SMARTS) is 1. The van der Waals surface area contributed by atoms with Gasteiger partial charge < -0.3 is 10.0 Å². The fraction of sp³-hybridized carbons (Fsp3) is 0.800. The van der Waals surface area contributed by atoms with Crippen LogP contribution in [0.3, 0.4) is 0 Å². The SMILES string of the molecule is O=C(O)CCC1CCN(C(=O)C(F)(F)F)CC1(F)F. The number of hydrogen-bond acceptors (Lipinski definition) is 2. The molecule has 1 unspecified atom stereocenters. The lowest BCUT2D eigenvalue weighted by Crippen LogP contribution is -2.54. The molecule has 19 heavy (non-hydrogen) atoms. The number of carbonyl (C=O) groups is 2. The lowest BCUT2D eigenvalue weighted by atomic mass is 9.88. The van der Waals surface area contributed by atoms with E-state index < -0.39 is 49.4 Å². The second-order valence-corrected chi connectivity index (χ2v) is 4.40. The van der Waals surface area contributed by atoms with Crippen LogP contribution in [0.15, 0.2) is 0 Å². The smallest absolute Gasteiger partial charge is 0.471 e. The maximum atomic E-state index is 13.6. The third-order valence-corrected chi connectivity index (χ3v) is 2.98. The summed E-state index contributed by atoms with van der Waals surface area (Å²) in [5.74, 6) is -8.36. The van der Waals surface area contributed by atoms with Crippen molar-refractivity contribution in [3.63, 3.8) is 0 Å². The molecule has 1 saturated heterocycles. The van der Waals surface area contributed by atoms with E-state index in [4.69, 9.17) is 5.11 Å². The van der Waals surface area contributed by atoms with Crippen molar-refractivity contribution in [1.82, 2.24) is 4.90 Å². The first-order valence-electron chi connectivity index (χ1n) is 5.50. The van der Waals surface area contributed by atoms with E-state index in [2.05, 4.69) is 0 Å². The van der Waals surface area contributed by atoms with Gasteiger partial charge in [-0.25, -0.2) is 8.78 Å². The molecular weight excluding hydrogens is 277 g/mol. The van der Waals surface area contributed by atoms with Gasteiger partial charge in [0.05, 0.1) is 6.54 Å². The van der Waals surface area contributed by atoms with Crippen LogP contribution >= 0.6 is 0 Å². The van der Waals surface area contributed by atoms with E-state index >= 15 is 0 Å². The van der Waals surface area contributed by atoms with Gasteiger partial charge in [-0.1, -0.05) is 0 Å². The zero-order chi connectivity index (χ0) is 14.8. The number of amides is 1. The van der Waals surface area contributed by atoms with E-state index in [0.29, 0.717) is 0 Å². The van der Waals surface area contributed by atoms with Crippen molar-refractivity contribution in [2.24, 2.45) is 5.92 Å². The third kappa shape index (κ3) is 4.03. The molecule has 1 heterocycles. The molecule has 0 spiro atoms. The Morgan fingerprint density at radius 2 is 1.89 bits per heavy atom. The maximum absolute atomic E-state index is 13.6. The molecular formula is C10H12F5NO3. The third-order valence-electron chi connectivity index (χ3n) is 2.98. The van der Waals surface area contributed by atoms with Gasteiger partial charge in [0.2, 0.25) is 0 Å². The summed E-state index contributed by atoms with van der Waals surface area (Å²) in [7, 11) is 0. The minimum absolute atomic E-state index is 0.0667. The zero-order valence-corrected chi connectivity index (χ0v) is 9.71. The highest BCUT2D eigenvalue weighted by Gasteiger charge is 2.50. The number of hydrogen-bond donors (Lipinski definition) is 1. The normalized spacial score (nSPS) is 23.2. The monoisotopic (exact) mass is 289 g/mol. The molecule has 0 aromatic heterocycles. The van der Waals surface area contributed by atoms with Crippen molar-refractivity contribution in [2.45, 2.75) is 31.4 Å². The highest BCUT2D eigenvalue weighted by Crippen LogP contribution is 2.37. The predicted octanol–water partition coefficient (Wildman–Crippen LogP) is 1.90. The number of carboxylic acids is 1. The van der Waals surface area contributed by atoms with E-state index in [9.17, 15) is 31.5 Å². The first-order valence-corrected chi connectivity index (χ1v) is 5.50. The minimum atomic E-state index is -5.18. The van der Waals surface area contributed by atoms with Crippen LogP contribution in [0.4, 0.5) is 22.0 Å². The lowest BCUT2D eigenvalue weighted by molar-refractivity contribution is -0.196. The first-order chi connectivity index (χ1) is 8.54. The second kappa shape index (κ2) is 5.30. The Hall–Kier alpha value is -1.41. The van der Waals surface area contributed by atoms with E-state index in [0.717, 1.165) is 0 Å². The van der Waals surface area contributed by atoms with Crippen LogP contribution in [-0.2, 0) is 9.59 Å². The molecule has 0 radical (unpaired) electrons. The molecule has 1 amide bonds. The van der Waals surface area contributed by atoms with Crippen molar-refractivity contribution in [2.75, 3.05) is 13.1 Å². The number of alkyl halides is 5. The van der Waals surface area contributed by atoms with Crippen LogP contribution in [0.5, 0.6) is 0 Å². The van der Waals surface area contributed by atoms with E-state index in [1.165, 1.54) is 0 Å². The number of carbonyl (C=O) groups excluding carboxylic acids is 1. The predicted molar refractivity (Wildman–Crippen MR) is 52.6 cm³/mol. The van der Waals surface area contributed by atoms with Gasteiger partial charge in [-0.2, -0.15) is 13.2 Å². The Bertz CT molecular complexity index is 369. The van der Waals surface area contributed by atoms with Gasteiger partial charge in [0.1, 0.15) is 0 Å². The van der Waals surface area contributed by atoms with Crippen molar-refractivity contribution < 1.29 is 36.6 Å². The Kier molecular flexibility index (Phi) is 4.36. The Balaban J connectivity index is 2.66. The Morgan fingerprint density at radius 1 is 1.32 bits per heavy atom. The molecule has 1 aliphatic heterocycles. The zero-order valence-electron chi connectivity index (χ0n) is 9.71. The lowest BCUT2D eigenvalue weighted by Gasteiger charge is -2.38. The summed E-state index contributed by atoms with van der Waals surface area (Å²) in [5, 5.41) is 8.40. The van der Waals surface area contributed by atoms with Crippen molar-refractivity contribution in [1.29, 1.82) is 0 Å². The Labute approximate surface area is 105 Å². The van der Waals surface area contributed by atoms with E-state index in [1.54, 1.807) is 0 Å². The molecule has 0 bridgehead atoms. The molecule has 4 nitrogen and oxygen atoms in total. The molecule has 9 heteroatoms. The molecule has 0 aliphatic carbocycles. The quantitative estimate of drug-likeness (QED) is 0.807. The summed E-state index contributed by atoms with van der Waals surface area (Å²) < 4.78 is 63.5. The van der Waals surface area contributed by atoms with Gasteiger partial charge in [-0.05, 0) is 12.8 Å². The molecule has 0 aromatic carbocycles. The topological polar surface area (TPSA) is 57.6 Å². The van der Waals surface area contributed by atoms with Crippen LogP contribution in [0.2, 0.25) is 0 Å². The summed E-state index contributed by atoms with van der Waals surface area (Å²) in [4.78, 5) is 21.2. The number of aliphatic carboxylic acids is 1. The average Bonchev–Trinajstić information content (AvgIpc) is 2.23. The van der Waals surface area contributed by atoms with Gasteiger partial charge in [-0.15, -0.1) is 0 Å².